The summed E-state index contributed by atoms with van der Waals surface area (Å²) < 4.78 is 13.3. The maximum absolute atomic E-state index is 6.68. The normalized spacial score (nSPS) is 19.0. The molecule has 1 saturated carbocycles. The molecular formula is C63H48BN3O2. The SMILES string of the molecule is Cc1cc2c3c(c1)N(c1cccc4oc5ccccc5c14)c1cc(N4c5ccccc5C5(C)CCCCC45C)ccc1B3c1cc(-c3ccccc3)ccc1N2c1cccc2oc3ccccc3c12. The van der Waals surface area contributed by atoms with E-state index in [1.165, 1.54) is 92.0 Å². The zero-order valence-corrected chi connectivity index (χ0v) is 39.0. The highest BCUT2D eigenvalue weighted by Crippen LogP contribution is 2.61. The Bertz CT molecular complexity index is 3960. The van der Waals surface area contributed by atoms with E-state index in [2.05, 4.69) is 224 Å². The second kappa shape index (κ2) is 14.1. The van der Waals surface area contributed by atoms with Crippen LogP contribution in [0.5, 0.6) is 0 Å². The number of benzene rings is 9. The topological polar surface area (TPSA) is 36.0 Å². The Hall–Kier alpha value is -7.96. The van der Waals surface area contributed by atoms with Crippen LogP contribution < -0.4 is 31.1 Å². The number of hydrogen-bond acceptors (Lipinski definition) is 5. The van der Waals surface area contributed by atoms with E-state index in [1.807, 2.05) is 0 Å². The Labute approximate surface area is 401 Å². The summed E-state index contributed by atoms with van der Waals surface area (Å²) in [6, 6.07) is 69.7. The first-order valence-corrected chi connectivity index (χ1v) is 24.7. The fraction of sp³-hybridized carbons (Fsp3) is 0.143. The van der Waals surface area contributed by atoms with Crippen molar-refractivity contribution in [2.45, 2.75) is 57.4 Å². The van der Waals surface area contributed by atoms with Crippen LogP contribution in [0.25, 0.3) is 55.0 Å². The van der Waals surface area contributed by atoms with Crippen molar-refractivity contribution in [1.82, 2.24) is 0 Å². The zero-order chi connectivity index (χ0) is 45.8. The number of para-hydroxylation sites is 3. The minimum Gasteiger partial charge on any atom is -0.456 e. The van der Waals surface area contributed by atoms with E-state index < -0.39 is 0 Å². The summed E-state index contributed by atoms with van der Waals surface area (Å²) in [7, 11) is 0. The van der Waals surface area contributed by atoms with Gasteiger partial charge in [-0.2, -0.15) is 0 Å². The molecule has 15 rings (SSSR count). The predicted molar refractivity (Wildman–Crippen MR) is 288 cm³/mol. The molecule has 1 aliphatic carbocycles. The molecule has 0 radical (unpaired) electrons. The molecule has 2 atom stereocenters. The molecule has 0 amide bonds. The number of furan rings is 2. The van der Waals surface area contributed by atoms with Gasteiger partial charge >= 0.3 is 0 Å². The lowest BCUT2D eigenvalue weighted by atomic mass is 9.33. The molecule has 11 aromatic rings. The molecule has 9 aromatic carbocycles. The minimum absolute atomic E-state index is 0.0279. The van der Waals surface area contributed by atoms with Crippen molar-refractivity contribution in [2.24, 2.45) is 0 Å². The highest BCUT2D eigenvalue weighted by atomic mass is 16.3. The van der Waals surface area contributed by atoms with Crippen molar-refractivity contribution in [2.75, 3.05) is 14.7 Å². The lowest BCUT2D eigenvalue weighted by Crippen LogP contribution is -2.61. The fourth-order valence-electron chi connectivity index (χ4n) is 13.6. The molecule has 2 unspecified atom stereocenters. The second-order valence-electron chi connectivity index (χ2n) is 20.4. The van der Waals surface area contributed by atoms with Crippen LogP contribution in [0, 0.1) is 6.92 Å². The van der Waals surface area contributed by atoms with Crippen LogP contribution >= 0.6 is 0 Å². The number of aryl methyl sites for hydroxylation is 1. The quantitative estimate of drug-likeness (QED) is 0.165. The Balaban J connectivity index is 1.06. The molecule has 4 aliphatic rings. The van der Waals surface area contributed by atoms with Crippen LogP contribution in [-0.4, -0.2) is 12.3 Å². The number of hydrogen-bond donors (Lipinski definition) is 0. The first-order valence-electron chi connectivity index (χ1n) is 24.7. The molecule has 0 N–H and O–H groups in total. The largest absolute Gasteiger partial charge is 0.456 e. The van der Waals surface area contributed by atoms with Crippen LogP contribution in [0.2, 0.25) is 0 Å². The Morgan fingerprint density at radius 3 is 1.75 bits per heavy atom. The highest BCUT2D eigenvalue weighted by molar-refractivity contribution is 7.00. The number of nitrogens with zero attached hydrogens (tertiary/aromatic N) is 3. The maximum Gasteiger partial charge on any atom is 0.252 e. The lowest BCUT2D eigenvalue weighted by molar-refractivity contribution is 0.195. The van der Waals surface area contributed by atoms with Crippen LogP contribution in [0.4, 0.5) is 45.5 Å². The van der Waals surface area contributed by atoms with Crippen LogP contribution in [0.15, 0.2) is 197 Å². The van der Waals surface area contributed by atoms with E-state index in [0.29, 0.717) is 0 Å². The van der Waals surface area contributed by atoms with Gasteiger partial charge in [-0.1, -0.05) is 135 Å². The van der Waals surface area contributed by atoms with Gasteiger partial charge in [0, 0.05) is 50.3 Å². The lowest BCUT2D eigenvalue weighted by Gasteiger charge is -2.50. The average molecular weight is 890 g/mol. The van der Waals surface area contributed by atoms with Gasteiger partial charge in [-0.3, -0.25) is 0 Å². The maximum atomic E-state index is 6.68. The third kappa shape index (κ3) is 5.21. The van der Waals surface area contributed by atoms with Gasteiger partial charge in [0.1, 0.15) is 22.3 Å². The molecule has 69 heavy (non-hydrogen) atoms. The fourth-order valence-corrected chi connectivity index (χ4v) is 13.6. The van der Waals surface area contributed by atoms with Gasteiger partial charge in [-0.25, -0.2) is 0 Å². The van der Waals surface area contributed by atoms with E-state index in [-0.39, 0.29) is 17.7 Å². The Morgan fingerprint density at radius 2 is 1.04 bits per heavy atom. The molecule has 6 heteroatoms. The van der Waals surface area contributed by atoms with Gasteiger partial charge in [-0.05, 0) is 138 Å². The summed E-state index contributed by atoms with van der Waals surface area (Å²) in [6.07, 6.45) is 4.79. The predicted octanol–water partition coefficient (Wildman–Crippen LogP) is 15.3. The molecule has 0 spiro atoms. The van der Waals surface area contributed by atoms with Gasteiger partial charge in [0.25, 0.3) is 6.71 Å². The number of anilines is 8. The van der Waals surface area contributed by atoms with Crippen molar-refractivity contribution >= 4 is 112 Å². The summed E-state index contributed by atoms with van der Waals surface area (Å²) in [5.74, 6) is 0. The standard InChI is InChI=1S/C63H48BN3O2/c1-39-35-53-61-54(36-39)66(51-24-16-28-58-60(51)44-20-8-12-26-56(44)69-58)52-38-42(67-48-22-10-9-21-45(48)62(2)33-13-14-34-63(62,67)3)30-31-46(52)64(61)47-37-41(40-17-5-4-6-18-40)29-32-49(47)65(53)50-23-15-27-57-59(50)43-19-7-11-25-55(43)68-57/h4-12,15-32,35-38H,13-14,33-34H2,1-3H3. The van der Waals surface area contributed by atoms with E-state index in [1.54, 1.807) is 0 Å². The number of fused-ring (bicyclic) bond motifs is 13. The highest BCUT2D eigenvalue weighted by Gasteiger charge is 2.58. The van der Waals surface area contributed by atoms with Crippen molar-refractivity contribution in [3.05, 3.63) is 199 Å². The molecular weight excluding hydrogens is 842 g/mol. The van der Waals surface area contributed by atoms with Crippen LogP contribution in [0.1, 0.15) is 50.7 Å². The summed E-state index contributed by atoms with van der Waals surface area (Å²) in [6.45, 7) is 7.25. The van der Waals surface area contributed by atoms with Crippen molar-refractivity contribution < 1.29 is 8.83 Å². The van der Waals surface area contributed by atoms with E-state index >= 15 is 0 Å². The van der Waals surface area contributed by atoms with Crippen LogP contribution in [-0.2, 0) is 5.41 Å². The second-order valence-corrected chi connectivity index (χ2v) is 20.4. The summed E-state index contributed by atoms with van der Waals surface area (Å²) in [5, 5.41) is 4.45. The third-order valence-corrected chi connectivity index (χ3v) is 16.8. The molecule has 3 aliphatic heterocycles. The van der Waals surface area contributed by atoms with E-state index in [9.17, 15) is 0 Å². The summed E-state index contributed by atoms with van der Waals surface area (Å²) in [5.41, 5.74) is 21.9. The smallest absolute Gasteiger partial charge is 0.252 e. The minimum atomic E-state index is -0.0914. The van der Waals surface area contributed by atoms with Crippen molar-refractivity contribution in [3.8, 4) is 11.1 Å². The summed E-state index contributed by atoms with van der Waals surface area (Å²) >= 11 is 0. The molecule has 5 heterocycles. The molecule has 1 fully saturated rings. The van der Waals surface area contributed by atoms with Crippen LogP contribution in [0.3, 0.4) is 0 Å². The van der Waals surface area contributed by atoms with Crippen molar-refractivity contribution in [1.29, 1.82) is 0 Å². The monoisotopic (exact) mass is 889 g/mol. The third-order valence-electron chi connectivity index (χ3n) is 16.8. The molecule has 2 aromatic heterocycles. The van der Waals surface area contributed by atoms with Gasteiger partial charge in [0.2, 0.25) is 0 Å². The summed E-state index contributed by atoms with van der Waals surface area (Å²) in [4.78, 5) is 7.85. The molecule has 330 valence electrons. The first-order chi connectivity index (χ1) is 33.9. The molecule has 5 nitrogen and oxygen atoms in total. The Morgan fingerprint density at radius 1 is 0.449 bits per heavy atom. The molecule has 0 saturated heterocycles. The average Bonchev–Trinajstić information content (AvgIpc) is 4.03. The first kappa shape index (κ1) is 39.1. The van der Waals surface area contributed by atoms with Gasteiger partial charge in [0.05, 0.1) is 27.7 Å². The van der Waals surface area contributed by atoms with E-state index in [0.717, 1.165) is 61.7 Å². The number of rotatable bonds is 4. The Kier molecular flexibility index (Phi) is 7.96. The molecule has 0 bridgehead atoms. The zero-order valence-electron chi connectivity index (χ0n) is 39.0. The van der Waals surface area contributed by atoms with Gasteiger partial charge in [-0.15, -0.1) is 0 Å². The van der Waals surface area contributed by atoms with Gasteiger partial charge in [0.15, 0.2) is 0 Å². The van der Waals surface area contributed by atoms with Gasteiger partial charge < -0.3 is 23.5 Å². The van der Waals surface area contributed by atoms with E-state index in [4.69, 9.17) is 8.83 Å². The van der Waals surface area contributed by atoms with Crippen molar-refractivity contribution in [3.63, 3.8) is 0 Å².